The molecule has 1 N–H and O–H groups in total. The van der Waals surface area contributed by atoms with E-state index in [9.17, 15) is 0 Å². The summed E-state index contributed by atoms with van der Waals surface area (Å²) in [6.07, 6.45) is 0. The number of nitrogens with one attached hydrogen (secondary N) is 1. The van der Waals surface area contributed by atoms with Crippen molar-refractivity contribution >= 4 is 0 Å². The SMILES string of the molecule is CCN1CCN(C(C)CNC(C)(C)C)CC1. The second-order valence-corrected chi connectivity index (χ2v) is 5.95. The molecule has 0 bridgehead atoms. The molecule has 3 heteroatoms. The molecule has 1 fully saturated rings. The van der Waals surface area contributed by atoms with Gasteiger partial charge in [-0.05, 0) is 34.2 Å². The van der Waals surface area contributed by atoms with E-state index in [4.69, 9.17) is 0 Å². The lowest BCUT2D eigenvalue weighted by molar-refractivity contribution is 0.102. The van der Waals surface area contributed by atoms with Crippen molar-refractivity contribution < 1.29 is 0 Å². The maximum Gasteiger partial charge on any atom is 0.0193 e. The Bertz CT molecular complexity index is 190. The van der Waals surface area contributed by atoms with Crippen molar-refractivity contribution in [2.75, 3.05) is 39.3 Å². The van der Waals surface area contributed by atoms with Gasteiger partial charge in [-0.1, -0.05) is 6.92 Å². The van der Waals surface area contributed by atoms with Crippen LogP contribution in [-0.4, -0.2) is 60.6 Å². The molecule has 0 aromatic carbocycles. The Morgan fingerprint density at radius 1 is 1.12 bits per heavy atom. The van der Waals surface area contributed by atoms with E-state index in [2.05, 4.69) is 49.7 Å². The van der Waals surface area contributed by atoms with Gasteiger partial charge in [-0.2, -0.15) is 0 Å². The van der Waals surface area contributed by atoms with E-state index >= 15 is 0 Å². The third-order valence-electron chi connectivity index (χ3n) is 3.41. The summed E-state index contributed by atoms with van der Waals surface area (Å²) in [5, 5.41) is 3.59. The fourth-order valence-corrected chi connectivity index (χ4v) is 2.10. The zero-order valence-electron chi connectivity index (χ0n) is 11.7. The Hall–Kier alpha value is -0.120. The van der Waals surface area contributed by atoms with Crippen LogP contribution >= 0.6 is 0 Å². The first kappa shape index (κ1) is 13.9. The molecule has 0 aliphatic carbocycles. The lowest BCUT2D eigenvalue weighted by atomic mass is 10.1. The van der Waals surface area contributed by atoms with Crippen molar-refractivity contribution in [2.24, 2.45) is 0 Å². The van der Waals surface area contributed by atoms with E-state index in [0.29, 0.717) is 6.04 Å². The Balaban J connectivity index is 2.25. The van der Waals surface area contributed by atoms with Crippen LogP contribution in [0.1, 0.15) is 34.6 Å². The highest BCUT2D eigenvalue weighted by molar-refractivity contribution is 4.79. The van der Waals surface area contributed by atoms with Gasteiger partial charge in [0.2, 0.25) is 0 Å². The van der Waals surface area contributed by atoms with E-state index in [1.807, 2.05) is 0 Å². The second-order valence-electron chi connectivity index (χ2n) is 5.95. The van der Waals surface area contributed by atoms with Crippen LogP contribution < -0.4 is 5.32 Å². The van der Waals surface area contributed by atoms with Crippen molar-refractivity contribution in [1.29, 1.82) is 0 Å². The molecule has 0 radical (unpaired) electrons. The van der Waals surface area contributed by atoms with Gasteiger partial charge in [0.25, 0.3) is 0 Å². The minimum atomic E-state index is 0.236. The van der Waals surface area contributed by atoms with Crippen molar-refractivity contribution in [2.45, 2.75) is 46.2 Å². The largest absolute Gasteiger partial charge is 0.311 e. The molecule has 3 nitrogen and oxygen atoms in total. The van der Waals surface area contributed by atoms with Crippen LogP contribution in [0.15, 0.2) is 0 Å². The molecule has 1 aliphatic heterocycles. The predicted molar refractivity (Wildman–Crippen MR) is 70.9 cm³/mol. The van der Waals surface area contributed by atoms with Gasteiger partial charge in [0.1, 0.15) is 0 Å². The van der Waals surface area contributed by atoms with Gasteiger partial charge in [0.05, 0.1) is 0 Å². The van der Waals surface area contributed by atoms with E-state index in [1.54, 1.807) is 0 Å². The van der Waals surface area contributed by atoms with E-state index in [0.717, 1.165) is 6.54 Å². The molecule has 16 heavy (non-hydrogen) atoms. The molecular formula is C13H29N3. The fourth-order valence-electron chi connectivity index (χ4n) is 2.10. The van der Waals surface area contributed by atoms with Crippen LogP contribution in [0.2, 0.25) is 0 Å². The van der Waals surface area contributed by atoms with Gasteiger partial charge >= 0.3 is 0 Å². The summed E-state index contributed by atoms with van der Waals surface area (Å²) in [7, 11) is 0. The van der Waals surface area contributed by atoms with E-state index < -0.39 is 0 Å². The monoisotopic (exact) mass is 227 g/mol. The fraction of sp³-hybridized carbons (Fsp3) is 1.00. The number of likely N-dealkylation sites (N-methyl/N-ethyl adjacent to an activating group) is 1. The smallest absolute Gasteiger partial charge is 0.0193 e. The van der Waals surface area contributed by atoms with Crippen LogP contribution in [0.3, 0.4) is 0 Å². The molecule has 96 valence electrons. The van der Waals surface area contributed by atoms with Gasteiger partial charge in [0, 0.05) is 44.3 Å². The molecule has 1 heterocycles. The summed E-state index contributed by atoms with van der Waals surface area (Å²) >= 11 is 0. The maximum absolute atomic E-state index is 3.59. The predicted octanol–water partition coefficient (Wildman–Crippen LogP) is 1.40. The first-order chi connectivity index (χ1) is 7.42. The first-order valence-corrected chi connectivity index (χ1v) is 6.64. The Labute approximate surface area is 101 Å². The van der Waals surface area contributed by atoms with E-state index in [-0.39, 0.29) is 5.54 Å². The van der Waals surface area contributed by atoms with Gasteiger partial charge in [0.15, 0.2) is 0 Å². The average molecular weight is 227 g/mol. The minimum Gasteiger partial charge on any atom is -0.311 e. The Kier molecular flexibility index (Phi) is 5.22. The highest BCUT2D eigenvalue weighted by atomic mass is 15.3. The number of rotatable bonds is 4. The summed E-state index contributed by atoms with van der Waals surface area (Å²) in [5.74, 6) is 0. The van der Waals surface area contributed by atoms with Gasteiger partial charge in [-0.25, -0.2) is 0 Å². The lowest BCUT2D eigenvalue weighted by Gasteiger charge is -2.38. The summed E-state index contributed by atoms with van der Waals surface area (Å²) in [5.41, 5.74) is 0.236. The second kappa shape index (κ2) is 5.99. The molecule has 0 aromatic rings. The quantitative estimate of drug-likeness (QED) is 0.783. The van der Waals surface area contributed by atoms with Crippen molar-refractivity contribution in [3.05, 3.63) is 0 Å². The Morgan fingerprint density at radius 2 is 1.69 bits per heavy atom. The highest BCUT2D eigenvalue weighted by Gasteiger charge is 2.21. The zero-order valence-corrected chi connectivity index (χ0v) is 11.7. The summed E-state index contributed by atoms with van der Waals surface area (Å²) in [4.78, 5) is 5.13. The standard InChI is InChI=1S/C13H29N3/c1-6-15-7-9-16(10-8-15)12(2)11-14-13(3,4)5/h12,14H,6-11H2,1-5H3. The molecule has 1 aliphatic rings. The molecule has 1 saturated heterocycles. The van der Waals surface area contributed by atoms with Crippen LogP contribution in [0, 0.1) is 0 Å². The van der Waals surface area contributed by atoms with Crippen molar-refractivity contribution in [1.82, 2.24) is 15.1 Å². The lowest BCUT2D eigenvalue weighted by Crippen LogP contribution is -2.53. The molecule has 1 atom stereocenters. The van der Waals surface area contributed by atoms with Gasteiger partial charge in [-0.3, -0.25) is 4.90 Å². The van der Waals surface area contributed by atoms with E-state index in [1.165, 1.54) is 32.7 Å². The number of hydrogen-bond acceptors (Lipinski definition) is 3. The van der Waals surface area contributed by atoms with Crippen LogP contribution in [0.25, 0.3) is 0 Å². The molecule has 0 aromatic heterocycles. The molecule has 1 rings (SSSR count). The summed E-state index contributed by atoms with van der Waals surface area (Å²) in [6, 6.07) is 0.651. The van der Waals surface area contributed by atoms with Crippen LogP contribution in [0.4, 0.5) is 0 Å². The number of nitrogens with zero attached hydrogens (tertiary/aromatic N) is 2. The minimum absolute atomic E-state index is 0.236. The molecule has 0 amide bonds. The number of piperazine rings is 1. The maximum atomic E-state index is 3.59. The summed E-state index contributed by atoms with van der Waals surface area (Å²) in [6.45, 7) is 18.5. The zero-order chi connectivity index (χ0) is 12.2. The van der Waals surface area contributed by atoms with Gasteiger partial charge < -0.3 is 10.2 Å². The molecule has 1 unspecified atom stereocenters. The Morgan fingerprint density at radius 3 is 2.12 bits per heavy atom. The average Bonchev–Trinajstić information content (AvgIpc) is 2.25. The number of hydrogen-bond donors (Lipinski definition) is 1. The summed E-state index contributed by atoms with van der Waals surface area (Å²) < 4.78 is 0. The van der Waals surface area contributed by atoms with Crippen LogP contribution in [0.5, 0.6) is 0 Å². The first-order valence-electron chi connectivity index (χ1n) is 6.64. The third-order valence-corrected chi connectivity index (χ3v) is 3.41. The van der Waals surface area contributed by atoms with Gasteiger partial charge in [-0.15, -0.1) is 0 Å². The highest BCUT2D eigenvalue weighted by Crippen LogP contribution is 2.07. The topological polar surface area (TPSA) is 18.5 Å². The van der Waals surface area contributed by atoms with Crippen molar-refractivity contribution in [3.63, 3.8) is 0 Å². The molecule has 0 saturated carbocycles. The molecular weight excluding hydrogens is 198 g/mol. The van der Waals surface area contributed by atoms with Crippen LogP contribution in [-0.2, 0) is 0 Å². The third kappa shape index (κ3) is 4.81. The normalized spacial score (nSPS) is 22.3. The molecule has 0 spiro atoms. The van der Waals surface area contributed by atoms with Crippen molar-refractivity contribution in [3.8, 4) is 0 Å².